The topological polar surface area (TPSA) is 77.6 Å². The smallest absolute Gasteiger partial charge is 0.348 e. The molecule has 1 atom stereocenters. The minimum absolute atomic E-state index is 0.214. The fourth-order valence-corrected chi connectivity index (χ4v) is 3.65. The van der Waals surface area contributed by atoms with E-state index in [4.69, 9.17) is 0 Å². The summed E-state index contributed by atoms with van der Waals surface area (Å²) >= 11 is 0. The summed E-state index contributed by atoms with van der Waals surface area (Å²) in [6, 6.07) is 2.63. The molecule has 0 saturated heterocycles. The van der Waals surface area contributed by atoms with Crippen molar-refractivity contribution in [3.63, 3.8) is 0 Å². The molecule has 0 aliphatic heterocycles. The summed E-state index contributed by atoms with van der Waals surface area (Å²) in [5.74, 6) is -0.694. The molecule has 3 aromatic rings. The van der Waals surface area contributed by atoms with E-state index in [9.17, 15) is 31.1 Å². The van der Waals surface area contributed by atoms with E-state index >= 15 is 0 Å². The molecule has 0 bridgehead atoms. The number of carbonyl (C=O) groups excluding carboxylic acids is 1. The zero-order chi connectivity index (χ0) is 23.3. The van der Waals surface area contributed by atoms with Gasteiger partial charge in [0.2, 0.25) is 0 Å². The third-order valence-electron chi connectivity index (χ3n) is 5.17. The Hall–Kier alpha value is -3.38. The summed E-state index contributed by atoms with van der Waals surface area (Å²) in [4.78, 5) is 15.8. The molecule has 1 amide bonds. The number of rotatable bonds is 3. The number of hydrogen-bond acceptors (Lipinski definition) is 4. The van der Waals surface area contributed by atoms with Gasteiger partial charge in [-0.3, -0.25) is 14.5 Å². The minimum Gasteiger partial charge on any atom is -0.348 e. The molecular weight excluding hydrogens is 442 g/mol. The van der Waals surface area contributed by atoms with Crippen LogP contribution in [-0.4, -0.2) is 36.5 Å². The van der Waals surface area contributed by atoms with Crippen LogP contribution in [0.3, 0.4) is 0 Å². The number of hydrogen-bond donors (Lipinski definition) is 1. The summed E-state index contributed by atoms with van der Waals surface area (Å²) in [5.41, 5.74) is -0.772. The SMILES string of the molecule is Cn1nc(C(F)(F)F)cc1C(=O)NC1CCc2c(cnn2-c2ccnc(C(F)(F)F)c2)C1. The van der Waals surface area contributed by atoms with Gasteiger partial charge in [-0.2, -0.15) is 36.5 Å². The summed E-state index contributed by atoms with van der Waals surface area (Å²) in [7, 11) is 1.25. The normalized spacial score (nSPS) is 16.7. The Balaban J connectivity index is 1.50. The first kappa shape index (κ1) is 21.8. The average molecular weight is 458 g/mol. The summed E-state index contributed by atoms with van der Waals surface area (Å²) in [6.07, 6.45) is -5.51. The maximum Gasteiger partial charge on any atom is 0.435 e. The molecule has 3 aromatic heterocycles. The Morgan fingerprint density at radius 3 is 2.50 bits per heavy atom. The monoisotopic (exact) mass is 458 g/mol. The van der Waals surface area contributed by atoms with Crippen LogP contribution in [0.5, 0.6) is 0 Å². The van der Waals surface area contributed by atoms with E-state index in [1.54, 1.807) is 0 Å². The van der Waals surface area contributed by atoms with E-state index in [0.717, 1.165) is 22.5 Å². The van der Waals surface area contributed by atoms with Gasteiger partial charge in [-0.25, -0.2) is 4.68 Å². The fourth-order valence-electron chi connectivity index (χ4n) is 3.65. The van der Waals surface area contributed by atoms with Crippen LogP contribution in [-0.2, 0) is 32.2 Å². The molecule has 0 fully saturated rings. The molecule has 1 aliphatic rings. The maximum atomic E-state index is 13.0. The van der Waals surface area contributed by atoms with Crippen molar-refractivity contribution in [2.75, 3.05) is 0 Å². The third-order valence-corrected chi connectivity index (χ3v) is 5.17. The summed E-state index contributed by atoms with van der Waals surface area (Å²) in [6.45, 7) is 0. The average Bonchev–Trinajstić information content (AvgIpc) is 3.30. The first-order valence-corrected chi connectivity index (χ1v) is 9.45. The van der Waals surface area contributed by atoms with Crippen LogP contribution < -0.4 is 5.32 Å². The van der Waals surface area contributed by atoms with Gasteiger partial charge in [-0.05, 0) is 37.0 Å². The van der Waals surface area contributed by atoms with Crippen molar-refractivity contribution in [3.8, 4) is 5.69 Å². The second kappa shape index (κ2) is 7.64. The van der Waals surface area contributed by atoms with Crippen molar-refractivity contribution in [2.24, 2.45) is 7.05 Å². The highest BCUT2D eigenvalue weighted by molar-refractivity contribution is 5.93. The summed E-state index contributed by atoms with van der Waals surface area (Å²) < 4.78 is 79.6. The molecule has 4 rings (SSSR count). The lowest BCUT2D eigenvalue weighted by Gasteiger charge is -2.24. The molecule has 0 saturated carbocycles. The standard InChI is InChI=1S/C19H16F6N6O/c1-30-14(8-16(29-30)19(23,24)25)17(32)28-11-2-3-13-10(6-11)9-27-31(13)12-4-5-26-15(7-12)18(20,21)22/h4-5,7-9,11H,2-3,6H2,1H3,(H,28,32). The number of aromatic nitrogens is 5. The quantitative estimate of drug-likeness (QED) is 0.611. The first-order chi connectivity index (χ1) is 14.9. The van der Waals surface area contributed by atoms with E-state index in [-0.39, 0.29) is 17.4 Å². The van der Waals surface area contributed by atoms with Crippen LogP contribution in [0.2, 0.25) is 0 Å². The number of halogens is 6. The molecule has 3 heterocycles. The van der Waals surface area contributed by atoms with E-state index in [1.807, 2.05) is 0 Å². The van der Waals surface area contributed by atoms with Gasteiger partial charge < -0.3 is 5.32 Å². The van der Waals surface area contributed by atoms with Gasteiger partial charge in [-0.1, -0.05) is 0 Å². The van der Waals surface area contributed by atoms with Gasteiger partial charge in [0.25, 0.3) is 5.91 Å². The lowest BCUT2D eigenvalue weighted by molar-refractivity contribution is -0.142. The number of carbonyl (C=O) groups is 1. The van der Waals surface area contributed by atoms with Crippen LogP contribution in [0.25, 0.3) is 5.69 Å². The Kier molecular flexibility index (Phi) is 5.21. The Bertz CT molecular complexity index is 1160. The van der Waals surface area contributed by atoms with E-state index in [0.29, 0.717) is 31.0 Å². The van der Waals surface area contributed by atoms with Crippen molar-refractivity contribution in [3.05, 3.63) is 58.9 Å². The highest BCUT2D eigenvalue weighted by Crippen LogP contribution is 2.31. The van der Waals surface area contributed by atoms with Gasteiger partial charge >= 0.3 is 12.4 Å². The highest BCUT2D eigenvalue weighted by atomic mass is 19.4. The van der Waals surface area contributed by atoms with Crippen LogP contribution in [0.4, 0.5) is 26.3 Å². The lowest BCUT2D eigenvalue weighted by atomic mass is 9.93. The number of nitrogens with zero attached hydrogens (tertiary/aromatic N) is 5. The zero-order valence-corrected chi connectivity index (χ0v) is 16.5. The highest BCUT2D eigenvalue weighted by Gasteiger charge is 2.36. The van der Waals surface area contributed by atoms with Gasteiger partial charge in [0.15, 0.2) is 5.69 Å². The zero-order valence-electron chi connectivity index (χ0n) is 16.5. The molecule has 7 nitrogen and oxygen atoms in total. The first-order valence-electron chi connectivity index (χ1n) is 9.45. The van der Waals surface area contributed by atoms with Crippen molar-refractivity contribution < 1.29 is 31.1 Å². The van der Waals surface area contributed by atoms with Crippen LogP contribution >= 0.6 is 0 Å². The predicted molar refractivity (Wildman–Crippen MR) is 97.9 cm³/mol. The molecule has 170 valence electrons. The van der Waals surface area contributed by atoms with Gasteiger partial charge in [0.1, 0.15) is 11.4 Å². The van der Waals surface area contributed by atoms with Gasteiger partial charge in [-0.15, -0.1) is 0 Å². The van der Waals surface area contributed by atoms with Crippen molar-refractivity contribution in [2.45, 2.75) is 37.7 Å². The van der Waals surface area contributed by atoms with Crippen molar-refractivity contribution in [1.82, 2.24) is 29.9 Å². The number of alkyl halides is 6. The van der Waals surface area contributed by atoms with E-state index < -0.39 is 29.6 Å². The van der Waals surface area contributed by atoms with E-state index in [2.05, 4.69) is 20.5 Å². The lowest BCUT2D eigenvalue weighted by Crippen LogP contribution is -2.39. The molecule has 0 spiro atoms. The largest absolute Gasteiger partial charge is 0.435 e. The molecule has 1 aliphatic carbocycles. The number of aryl methyl sites for hydroxylation is 1. The van der Waals surface area contributed by atoms with Crippen LogP contribution in [0.15, 0.2) is 30.6 Å². The Morgan fingerprint density at radius 1 is 1.12 bits per heavy atom. The Morgan fingerprint density at radius 2 is 1.84 bits per heavy atom. The number of fused-ring (bicyclic) bond motifs is 1. The van der Waals surface area contributed by atoms with E-state index in [1.165, 1.54) is 24.0 Å². The maximum absolute atomic E-state index is 13.0. The van der Waals surface area contributed by atoms with Crippen LogP contribution in [0, 0.1) is 0 Å². The third kappa shape index (κ3) is 4.18. The van der Waals surface area contributed by atoms with Crippen molar-refractivity contribution in [1.29, 1.82) is 0 Å². The minimum atomic E-state index is -4.66. The second-order valence-electron chi connectivity index (χ2n) is 7.37. The number of amides is 1. The molecule has 1 N–H and O–H groups in total. The van der Waals surface area contributed by atoms with Crippen molar-refractivity contribution >= 4 is 5.91 Å². The molecular formula is C19H16F6N6O. The van der Waals surface area contributed by atoms with Gasteiger partial charge in [0.05, 0.1) is 11.9 Å². The molecule has 32 heavy (non-hydrogen) atoms. The summed E-state index contributed by atoms with van der Waals surface area (Å²) in [5, 5.41) is 10.2. The fraction of sp³-hybridized carbons (Fsp3) is 0.368. The molecule has 1 unspecified atom stereocenters. The molecule has 0 aromatic carbocycles. The number of nitrogens with one attached hydrogen (secondary N) is 1. The molecule has 13 heteroatoms. The number of pyridine rings is 1. The molecule has 0 radical (unpaired) electrons. The Labute approximate surface area is 177 Å². The van der Waals surface area contributed by atoms with Crippen LogP contribution in [0.1, 0.15) is 39.6 Å². The van der Waals surface area contributed by atoms with Gasteiger partial charge in [0, 0.05) is 31.0 Å². The second-order valence-corrected chi connectivity index (χ2v) is 7.37. The predicted octanol–water partition coefficient (Wildman–Crippen LogP) is 3.33.